The fraction of sp³-hybridized carbons (Fsp3) is 0.483. The van der Waals surface area contributed by atoms with Crippen molar-refractivity contribution in [3.8, 4) is 11.5 Å². The highest BCUT2D eigenvalue weighted by Gasteiger charge is 2.35. The number of carbonyl (C=O) groups excluding carboxylic acids is 1. The average molecular weight is 505 g/mol. The van der Waals surface area contributed by atoms with Crippen molar-refractivity contribution in [1.29, 1.82) is 0 Å². The molecule has 2 aliphatic carbocycles. The molecule has 0 radical (unpaired) electrons. The van der Waals surface area contributed by atoms with Gasteiger partial charge in [-0.2, -0.15) is 8.78 Å². The predicted octanol–water partition coefficient (Wildman–Crippen LogP) is 8.44. The molecule has 0 amide bonds. The molecule has 2 aromatic carbocycles. The van der Waals surface area contributed by atoms with Crippen molar-refractivity contribution in [2.24, 2.45) is 17.8 Å². The Kier molecular flexibility index (Phi) is 8.70. The number of esters is 1. The van der Waals surface area contributed by atoms with E-state index in [2.05, 4.69) is 23.8 Å². The van der Waals surface area contributed by atoms with Gasteiger partial charge in [0.2, 0.25) is 0 Å². The van der Waals surface area contributed by atoms with E-state index >= 15 is 0 Å². The number of hydrogen-bond donors (Lipinski definition) is 0. The second kappa shape index (κ2) is 11.9. The molecule has 36 heavy (non-hydrogen) atoms. The molecule has 0 N–H and O–H groups in total. The summed E-state index contributed by atoms with van der Waals surface area (Å²) in [4.78, 5) is 12.5. The summed E-state index contributed by atoms with van der Waals surface area (Å²) < 4.78 is 61.3. The monoisotopic (exact) mass is 504 g/mol. The van der Waals surface area contributed by atoms with E-state index in [4.69, 9.17) is 4.74 Å². The number of alkyl halides is 2. The van der Waals surface area contributed by atoms with Crippen molar-refractivity contribution in [1.82, 2.24) is 0 Å². The van der Waals surface area contributed by atoms with E-state index in [9.17, 15) is 22.4 Å². The largest absolute Gasteiger partial charge is 0.429 e. The first-order chi connectivity index (χ1) is 17.3. The molecular formula is C29H32F4O3. The summed E-state index contributed by atoms with van der Waals surface area (Å²) in [6.07, 6.45) is 14.4. The Labute approximate surface area is 209 Å². The summed E-state index contributed by atoms with van der Waals surface area (Å²) in [5.74, 6) is -2.31. The van der Waals surface area contributed by atoms with Crippen LogP contribution < -0.4 is 9.47 Å². The van der Waals surface area contributed by atoms with Crippen molar-refractivity contribution in [3.63, 3.8) is 0 Å². The van der Waals surface area contributed by atoms with E-state index in [1.165, 1.54) is 50.5 Å². The smallest absolute Gasteiger partial charge is 0.387 e. The van der Waals surface area contributed by atoms with E-state index in [0.717, 1.165) is 24.2 Å². The van der Waals surface area contributed by atoms with Gasteiger partial charge in [0.05, 0.1) is 5.56 Å². The van der Waals surface area contributed by atoms with Crippen molar-refractivity contribution < 1.29 is 31.8 Å². The van der Waals surface area contributed by atoms with Crippen molar-refractivity contribution >= 4 is 5.97 Å². The third kappa shape index (κ3) is 6.48. The molecule has 2 fully saturated rings. The van der Waals surface area contributed by atoms with Gasteiger partial charge in [-0.25, -0.2) is 13.6 Å². The lowest BCUT2D eigenvalue weighted by Crippen LogP contribution is -2.30. The fourth-order valence-electron chi connectivity index (χ4n) is 5.90. The molecule has 0 bridgehead atoms. The number of fused-ring (bicyclic) bond motifs is 1. The Hall–Kier alpha value is -2.83. The van der Waals surface area contributed by atoms with Gasteiger partial charge in [0.15, 0.2) is 17.4 Å². The summed E-state index contributed by atoms with van der Waals surface area (Å²) >= 11 is 0. The minimum absolute atomic E-state index is 0.239. The summed E-state index contributed by atoms with van der Waals surface area (Å²) in [5.41, 5.74) is 1.42. The first-order valence-corrected chi connectivity index (χ1v) is 12.7. The molecule has 3 nitrogen and oxygen atoms in total. The number of allylic oxidation sites excluding steroid dienone is 2. The van der Waals surface area contributed by atoms with E-state index in [-0.39, 0.29) is 5.56 Å². The van der Waals surface area contributed by atoms with Crippen molar-refractivity contribution in [3.05, 3.63) is 71.3 Å². The van der Waals surface area contributed by atoms with Gasteiger partial charge in [0.25, 0.3) is 0 Å². The number of hydrogen-bond acceptors (Lipinski definition) is 3. The number of benzene rings is 2. The molecule has 7 heteroatoms. The van der Waals surface area contributed by atoms with Crippen LogP contribution in [0.1, 0.15) is 80.1 Å². The molecule has 0 spiro atoms. The SMILES string of the molecule is C/C=C/CCC1CCC2CC(c3ccc(C(=O)Oc4cc(F)c(OC(F)F)c(F)c4)cc3)CCC2C1. The Bertz CT molecular complexity index is 1040. The average Bonchev–Trinajstić information content (AvgIpc) is 2.86. The zero-order valence-electron chi connectivity index (χ0n) is 20.4. The summed E-state index contributed by atoms with van der Waals surface area (Å²) in [7, 11) is 0. The van der Waals surface area contributed by atoms with Crippen molar-refractivity contribution in [2.45, 2.75) is 70.8 Å². The summed E-state index contributed by atoms with van der Waals surface area (Å²) in [5, 5.41) is 0. The second-order valence-corrected chi connectivity index (χ2v) is 9.96. The third-order valence-corrected chi connectivity index (χ3v) is 7.71. The van der Waals surface area contributed by atoms with E-state index in [1.54, 1.807) is 12.1 Å². The van der Waals surface area contributed by atoms with Gasteiger partial charge in [-0.15, -0.1) is 0 Å². The van der Waals surface area contributed by atoms with Gasteiger partial charge in [0, 0.05) is 12.1 Å². The lowest BCUT2D eigenvalue weighted by atomic mass is 9.63. The number of halogens is 4. The van der Waals surface area contributed by atoms with Gasteiger partial charge in [-0.1, -0.05) is 30.7 Å². The van der Waals surface area contributed by atoms with Crippen LogP contribution in [0.5, 0.6) is 11.5 Å². The number of carbonyl (C=O) groups is 1. The Balaban J connectivity index is 1.33. The van der Waals surface area contributed by atoms with E-state index in [0.29, 0.717) is 18.1 Å². The van der Waals surface area contributed by atoms with E-state index in [1.807, 2.05) is 12.1 Å². The minimum Gasteiger partial charge on any atom is -0.429 e. The molecule has 2 aromatic rings. The Morgan fingerprint density at radius 1 is 1.00 bits per heavy atom. The van der Waals surface area contributed by atoms with Crippen LogP contribution in [0.3, 0.4) is 0 Å². The topological polar surface area (TPSA) is 35.5 Å². The zero-order valence-corrected chi connectivity index (χ0v) is 20.4. The summed E-state index contributed by atoms with van der Waals surface area (Å²) in [6.45, 7) is -1.30. The maximum absolute atomic E-state index is 13.9. The highest BCUT2D eigenvalue weighted by atomic mass is 19.3. The lowest BCUT2D eigenvalue weighted by Gasteiger charge is -2.42. The van der Waals surface area contributed by atoms with Crippen molar-refractivity contribution in [2.75, 3.05) is 0 Å². The second-order valence-electron chi connectivity index (χ2n) is 9.96. The molecule has 4 rings (SSSR count). The molecule has 0 heterocycles. The molecule has 0 aromatic heterocycles. The van der Waals surface area contributed by atoms with Gasteiger partial charge < -0.3 is 9.47 Å². The maximum atomic E-state index is 13.9. The highest BCUT2D eigenvalue weighted by Crippen LogP contribution is 2.48. The molecule has 4 atom stereocenters. The molecule has 4 unspecified atom stereocenters. The maximum Gasteiger partial charge on any atom is 0.387 e. The van der Waals surface area contributed by atoms with Crippen LogP contribution in [0.4, 0.5) is 17.6 Å². The standard InChI is InChI=1S/C29H32F4O3/c1-2-3-4-5-18-6-7-23-15-22(13-12-21(23)14-18)19-8-10-20(11-9-19)28(34)35-24-16-25(30)27(26(31)17-24)36-29(32)33/h2-3,8-11,16-18,21-23,29H,4-7,12-15H2,1H3/b3-2+. The van der Waals surface area contributed by atoms with Crippen LogP contribution in [-0.2, 0) is 0 Å². The molecule has 2 aliphatic rings. The van der Waals surface area contributed by atoms with E-state index < -0.39 is 35.7 Å². The highest BCUT2D eigenvalue weighted by molar-refractivity contribution is 5.91. The first-order valence-electron chi connectivity index (χ1n) is 12.7. The third-order valence-electron chi connectivity index (χ3n) is 7.71. The quantitative estimate of drug-likeness (QED) is 0.157. The minimum atomic E-state index is -3.38. The number of ether oxygens (including phenoxy) is 2. The first kappa shape index (κ1) is 26.2. The predicted molar refractivity (Wildman–Crippen MR) is 129 cm³/mol. The zero-order chi connectivity index (χ0) is 25.7. The van der Waals surface area contributed by atoms with Gasteiger partial charge in [-0.05, 0) is 93.2 Å². The van der Waals surface area contributed by atoms with Crippen LogP contribution in [0, 0.1) is 29.4 Å². The van der Waals surface area contributed by atoms with Gasteiger partial charge >= 0.3 is 12.6 Å². The van der Waals surface area contributed by atoms with Crippen LogP contribution in [0.15, 0.2) is 48.6 Å². The summed E-state index contributed by atoms with van der Waals surface area (Å²) in [6, 6.07) is 8.43. The van der Waals surface area contributed by atoms with Crippen LogP contribution in [0.25, 0.3) is 0 Å². The van der Waals surface area contributed by atoms with Gasteiger partial charge in [0.1, 0.15) is 5.75 Å². The van der Waals surface area contributed by atoms with Gasteiger partial charge in [-0.3, -0.25) is 0 Å². The normalized spacial score (nSPS) is 24.1. The molecule has 0 saturated heterocycles. The molecule has 0 aliphatic heterocycles. The Morgan fingerprint density at radius 2 is 1.67 bits per heavy atom. The molecule has 194 valence electrons. The fourth-order valence-corrected chi connectivity index (χ4v) is 5.90. The van der Waals surface area contributed by atoms with Crippen LogP contribution in [-0.4, -0.2) is 12.6 Å². The Morgan fingerprint density at radius 3 is 2.33 bits per heavy atom. The number of rotatable bonds is 8. The molecular weight excluding hydrogens is 472 g/mol. The lowest BCUT2D eigenvalue weighted by molar-refractivity contribution is -0.0547. The van der Waals surface area contributed by atoms with Crippen LogP contribution >= 0.6 is 0 Å². The molecule has 2 saturated carbocycles. The van der Waals surface area contributed by atoms with Crippen LogP contribution in [0.2, 0.25) is 0 Å².